The number of benzene rings is 3. The second-order valence-electron chi connectivity index (χ2n) is 14.1. The molecule has 0 spiro atoms. The molecule has 15 nitrogen and oxygen atoms in total. The molecule has 0 saturated carbocycles. The molecule has 1 saturated heterocycles. The van der Waals surface area contributed by atoms with Gasteiger partial charge in [-0.05, 0) is 59.0 Å². The van der Waals surface area contributed by atoms with Gasteiger partial charge in [-0.1, -0.05) is 55.1 Å². The fourth-order valence-corrected chi connectivity index (χ4v) is 7.07. The molecule has 2 atom stereocenters. The fourth-order valence-electron chi connectivity index (χ4n) is 6.31. The average molecular weight is 786 g/mol. The largest absolute Gasteiger partial charge is 0.350 e. The zero-order valence-corrected chi connectivity index (χ0v) is 32.7. The van der Waals surface area contributed by atoms with Crippen molar-refractivity contribution in [3.05, 3.63) is 108 Å². The normalized spacial score (nSPS) is 21.5. The summed E-state index contributed by atoms with van der Waals surface area (Å²) in [7, 11) is -1.40. The quantitative estimate of drug-likeness (QED) is 0.186. The van der Waals surface area contributed by atoms with Crippen LogP contribution >= 0.6 is 0 Å². The van der Waals surface area contributed by atoms with E-state index in [9.17, 15) is 27.6 Å². The van der Waals surface area contributed by atoms with Crippen LogP contribution in [0, 0.1) is 5.41 Å². The van der Waals surface area contributed by atoms with E-state index in [1.807, 2.05) is 0 Å². The second kappa shape index (κ2) is 19.6. The highest BCUT2D eigenvalue weighted by molar-refractivity contribution is 7.87. The molecule has 56 heavy (non-hydrogen) atoms. The summed E-state index contributed by atoms with van der Waals surface area (Å²) < 4.78 is 29.5. The van der Waals surface area contributed by atoms with Gasteiger partial charge in [0.05, 0.1) is 5.71 Å². The van der Waals surface area contributed by atoms with E-state index in [2.05, 4.69) is 42.4 Å². The van der Waals surface area contributed by atoms with Gasteiger partial charge in [0, 0.05) is 90.5 Å². The average Bonchev–Trinajstić information content (AvgIpc) is 3.19. The van der Waals surface area contributed by atoms with Crippen molar-refractivity contribution in [2.24, 2.45) is 0 Å². The molecular weight excluding hydrogens is 735 g/mol. The van der Waals surface area contributed by atoms with Crippen LogP contribution in [0.25, 0.3) is 0 Å². The first-order chi connectivity index (χ1) is 26.8. The number of allylic oxidation sites excluding steroid dienone is 1. The number of nitrogens with zero attached hydrogens (tertiary/aromatic N) is 3. The molecule has 1 fully saturated rings. The number of fused-ring (bicyclic) bond motifs is 3. The predicted octanol–water partition coefficient (Wildman–Crippen LogP) is 1.88. The van der Waals surface area contributed by atoms with Crippen LogP contribution < -0.4 is 26.0 Å². The van der Waals surface area contributed by atoms with E-state index in [1.165, 1.54) is 20.2 Å². The summed E-state index contributed by atoms with van der Waals surface area (Å²) in [5.74, 6) is -1.49. The van der Waals surface area contributed by atoms with Crippen LogP contribution in [0.1, 0.15) is 35.1 Å². The van der Waals surface area contributed by atoms with Crippen molar-refractivity contribution in [3.63, 3.8) is 0 Å². The van der Waals surface area contributed by atoms with Gasteiger partial charge in [0.1, 0.15) is 12.1 Å². The number of nitrogens with one attached hydrogen (secondary N) is 6. The predicted molar refractivity (Wildman–Crippen MR) is 216 cm³/mol. The molecule has 5 heterocycles. The topological polar surface area (TPSA) is 196 Å². The molecule has 6 N–H and O–H groups in total. The Kier molecular flexibility index (Phi) is 14.6. The molecular formula is C40H51N9O6S. The van der Waals surface area contributed by atoms with E-state index in [0.29, 0.717) is 54.0 Å². The van der Waals surface area contributed by atoms with Gasteiger partial charge in [-0.25, -0.2) is 0 Å². The first-order valence-electron chi connectivity index (χ1n) is 18.6. The lowest BCUT2D eigenvalue weighted by molar-refractivity contribution is -0.129. The highest BCUT2D eigenvalue weighted by Gasteiger charge is 2.30. The molecule has 16 heteroatoms. The molecule has 0 aliphatic carbocycles. The van der Waals surface area contributed by atoms with Crippen LogP contribution in [-0.2, 0) is 48.8 Å². The number of anilines is 2. The lowest BCUT2D eigenvalue weighted by Gasteiger charge is -2.34. The zero-order valence-electron chi connectivity index (χ0n) is 31.8. The molecule has 3 aromatic carbocycles. The third kappa shape index (κ3) is 12.4. The Bertz CT molecular complexity index is 1980. The van der Waals surface area contributed by atoms with Crippen LogP contribution in [-0.4, -0.2) is 117 Å². The van der Waals surface area contributed by atoms with E-state index in [4.69, 9.17) is 5.41 Å². The number of carbonyl (C=O) groups excluding carboxylic acids is 4. The lowest BCUT2D eigenvalue weighted by atomic mass is 10.0. The minimum atomic E-state index is -4.09. The van der Waals surface area contributed by atoms with Crippen LogP contribution in [0.3, 0.4) is 0 Å². The van der Waals surface area contributed by atoms with Crippen LogP contribution in [0.5, 0.6) is 0 Å². The molecule has 3 aromatic rings. The van der Waals surface area contributed by atoms with Gasteiger partial charge < -0.3 is 36.5 Å². The summed E-state index contributed by atoms with van der Waals surface area (Å²) in [6.07, 6.45) is 2.08. The van der Waals surface area contributed by atoms with Crippen molar-refractivity contribution in [2.75, 3.05) is 64.0 Å². The first kappa shape index (κ1) is 41.9. The summed E-state index contributed by atoms with van der Waals surface area (Å²) in [6, 6.07) is 18.5. The van der Waals surface area contributed by atoms with Crippen molar-refractivity contribution < 1.29 is 27.6 Å². The Morgan fingerprint density at radius 2 is 1.30 bits per heavy atom. The van der Waals surface area contributed by atoms with Crippen molar-refractivity contribution in [1.82, 2.24) is 29.5 Å². The second-order valence-corrected chi connectivity index (χ2v) is 16.0. The Morgan fingerprint density at radius 3 is 1.79 bits per heavy atom. The van der Waals surface area contributed by atoms with Gasteiger partial charge in [-0.15, -0.1) is 0 Å². The monoisotopic (exact) mass is 785 g/mol. The number of carbonyl (C=O) groups is 4. The number of hydrogen-bond acceptors (Lipinski definition) is 9. The number of amides is 4. The molecule has 6 bridgehead atoms. The Labute approximate surface area is 328 Å². The summed E-state index contributed by atoms with van der Waals surface area (Å²) in [4.78, 5) is 57.9. The number of piperazine rings is 1. The molecule has 8 rings (SSSR count). The maximum atomic E-state index is 14.0. The molecule has 0 unspecified atom stereocenters. The SMILES string of the molecule is C=CC(=N)c1ccc(CNC(=O)[C@@H]2Cc3ccc(cc3)NC(=O)CCN3CCN(CCC(=O)Nc4ccc(cc4)C[C@@H](NS(=O)(=O)N(C)C)C(=O)N2)CC3)cc1. The van der Waals surface area contributed by atoms with E-state index < -0.39 is 34.1 Å². The minimum Gasteiger partial charge on any atom is -0.350 e. The lowest BCUT2D eigenvalue weighted by Crippen LogP contribution is -2.56. The Balaban J connectivity index is 1.40. The van der Waals surface area contributed by atoms with Gasteiger partial charge in [-0.2, -0.15) is 17.4 Å². The standard InChI is InChI=1S/C40H51N9O6S/c1-4-34(41)31-11-5-30(6-12-31)27-42-39(52)35-25-28-7-13-32(14-8-28)43-37(50)17-19-48-21-23-49(24-22-48)20-18-38(51)44-33-15-9-29(10-16-33)26-36(40(53)45-35)46-56(54,55)47(2)3/h4-16,35-36,41,46H,1,17-27H2,2-3H3,(H,42,52)(H,43,50)(H,44,51)(H,45,53)/t35-,36+/m0/s1. The van der Waals surface area contributed by atoms with Gasteiger partial charge in [0.25, 0.3) is 10.2 Å². The van der Waals surface area contributed by atoms with E-state index in [0.717, 1.165) is 36.0 Å². The molecule has 4 amide bonds. The zero-order chi connectivity index (χ0) is 40.2. The molecule has 298 valence electrons. The number of rotatable bonds is 8. The van der Waals surface area contributed by atoms with Gasteiger partial charge in [-0.3, -0.25) is 19.2 Å². The Morgan fingerprint density at radius 1 is 0.804 bits per heavy atom. The summed E-state index contributed by atoms with van der Waals surface area (Å²) >= 11 is 0. The molecule has 5 aliphatic rings. The fraction of sp³-hybridized carbons (Fsp3) is 0.375. The summed E-state index contributed by atoms with van der Waals surface area (Å²) in [6.45, 7) is 8.17. The van der Waals surface area contributed by atoms with E-state index in [-0.39, 0.29) is 36.9 Å². The van der Waals surface area contributed by atoms with Crippen LogP contribution in [0.15, 0.2) is 85.5 Å². The summed E-state index contributed by atoms with van der Waals surface area (Å²) in [5, 5.41) is 19.5. The third-order valence-electron chi connectivity index (χ3n) is 9.79. The van der Waals surface area contributed by atoms with Crippen LogP contribution in [0.2, 0.25) is 0 Å². The highest BCUT2D eigenvalue weighted by Crippen LogP contribution is 2.16. The van der Waals surface area contributed by atoms with E-state index >= 15 is 0 Å². The Hall–Kier alpha value is -5.26. The minimum absolute atomic E-state index is 0.0477. The molecule has 5 aliphatic heterocycles. The van der Waals surface area contributed by atoms with E-state index in [1.54, 1.807) is 72.8 Å². The highest BCUT2D eigenvalue weighted by atomic mass is 32.2. The third-order valence-corrected chi connectivity index (χ3v) is 11.3. The van der Waals surface area contributed by atoms with Crippen molar-refractivity contribution >= 4 is 50.9 Å². The van der Waals surface area contributed by atoms with Gasteiger partial charge >= 0.3 is 0 Å². The smallest absolute Gasteiger partial charge is 0.279 e. The maximum Gasteiger partial charge on any atom is 0.279 e. The molecule has 0 aromatic heterocycles. The maximum absolute atomic E-state index is 14.0. The van der Waals surface area contributed by atoms with Gasteiger partial charge in [0.2, 0.25) is 23.6 Å². The van der Waals surface area contributed by atoms with Crippen molar-refractivity contribution in [2.45, 2.75) is 44.3 Å². The summed E-state index contributed by atoms with van der Waals surface area (Å²) in [5.41, 5.74) is 4.17. The van der Waals surface area contributed by atoms with Crippen molar-refractivity contribution in [3.8, 4) is 0 Å². The van der Waals surface area contributed by atoms with Crippen molar-refractivity contribution in [1.29, 1.82) is 5.41 Å². The number of hydrogen-bond donors (Lipinski definition) is 6. The first-order valence-corrected chi connectivity index (χ1v) is 20.0. The van der Waals surface area contributed by atoms with Gasteiger partial charge in [0.15, 0.2) is 0 Å². The van der Waals surface area contributed by atoms with Crippen LogP contribution in [0.4, 0.5) is 11.4 Å². The molecule has 0 radical (unpaired) electrons.